The summed E-state index contributed by atoms with van der Waals surface area (Å²) >= 11 is 6.37. The summed E-state index contributed by atoms with van der Waals surface area (Å²) in [6.45, 7) is 10.7. The molecular formula is C22H23ClFN. The molecule has 130 valence electrons. The Labute approximate surface area is 154 Å². The van der Waals surface area contributed by atoms with Crippen LogP contribution in [0.4, 0.5) is 4.39 Å². The third-order valence-electron chi connectivity index (χ3n) is 3.93. The van der Waals surface area contributed by atoms with Crippen molar-refractivity contribution in [1.29, 1.82) is 0 Å². The monoisotopic (exact) mass is 355 g/mol. The Morgan fingerprint density at radius 3 is 2.20 bits per heavy atom. The second kappa shape index (κ2) is 8.68. The van der Waals surface area contributed by atoms with E-state index in [0.717, 1.165) is 16.8 Å². The lowest BCUT2D eigenvalue weighted by atomic mass is 9.94. The maximum absolute atomic E-state index is 14.5. The molecule has 0 saturated carbocycles. The van der Waals surface area contributed by atoms with E-state index in [0.29, 0.717) is 22.8 Å². The van der Waals surface area contributed by atoms with Crippen molar-refractivity contribution >= 4 is 22.9 Å². The first-order valence-corrected chi connectivity index (χ1v) is 8.90. The molecule has 1 aliphatic rings. The van der Waals surface area contributed by atoms with Gasteiger partial charge in [0.1, 0.15) is 5.82 Å². The SMILES string of the molecule is C=C1C(Cl)=CC(c2ccccc2)=C(c2ccccc2F)N1CC.CC. The lowest BCUT2D eigenvalue weighted by molar-refractivity contribution is 0.522. The Balaban J connectivity index is 0.00000109. The maximum Gasteiger partial charge on any atom is 0.132 e. The van der Waals surface area contributed by atoms with Crippen LogP contribution < -0.4 is 0 Å². The molecule has 1 nitrogen and oxygen atoms in total. The fourth-order valence-corrected chi connectivity index (χ4v) is 3.03. The van der Waals surface area contributed by atoms with Crippen LogP contribution in [0.5, 0.6) is 0 Å². The molecule has 0 unspecified atom stereocenters. The molecule has 0 radical (unpaired) electrons. The Bertz CT molecular complexity index is 806. The van der Waals surface area contributed by atoms with Gasteiger partial charge in [0.2, 0.25) is 0 Å². The Kier molecular flexibility index (Phi) is 6.60. The highest BCUT2D eigenvalue weighted by molar-refractivity contribution is 6.33. The van der Waals surface area contributed by atoms with Crippen molar-refractivity contribution < 1.29 is 4.39 Å². The number of hydrogen-bond acceptors (Lipinski definition) is 1. The summed E-state index contributed by atoms with van der Waals surface area (Å²) in [6, 6.07) is 16.7. The van der Waals surface area contributed by atoms with Crippen molar-refractivity contribution in [2.24, 2.45) is 0 Å². The van der Waals surface area contributed by atoms with E-state index in [1.165, 1.54) is 6.07 Å². The third-order valence-corrected chi connectivity index (χ3v) is 4.25. The molecule has 0 fully saturated rings. The first kappa shape index (κ1) is 19.0. The highest BCUT2D eigenvalue weighted by Gasteiger charge is 2.26. The van der Waals surface area contributed by atoms with Gasteiger partial charge in [-0.15, -0.1) is 0 Å². The van der Waals surface area contributed by atoms with Crippen molar-refractivity contribution in [1.82, 2.24) is 4.90 Å². The minimum atomic E-state index is -0.256. The average Bonchev–Trinajstić information content (AvgIpc) is 2.66. The quantitative estimate of drug-likeness (QED) is 0.592. The number of benzene rings is 2. The zero-order valence-electron chi connectivity index (χ0n) is 14.9. The van der Waals surface area contributed by atoms with Crippen LogP contribution in [0.2, 0.25) is 0 Å². The van der Waals surface area contributed by atoms with Crippen LogP contribution in [-0.2, 0) is 0 Å². The molecule has 0 bridgehead atoms. The van der Waals surface area contributed by atoms with E-state index in [1.807, 2.05) is 68.1 Å². The van der Waals surface area contributed by atoms with E-state index < -0.39 is 0 Å². The zero-order chi connectivity index (χ0) is 18.4. The van der Waals surface area contributed by atoms with E-state index in [9.17, 15) is 4.39 Å². The Hall–Kier alpha value is -2.32. The Morgan fingerprint density at radius 1 is 1.00 bits per heavy atom. The fraction of sp³-hybridized carbons (Fsp3) is 0.182. The number of hydrogen-bond donors (Lipinski definition) is 0. The maximum atomic E-state index is 14.5. The fourth-order valence-electron chi connectivity index (χ4n) is 2.82. The Morgan fingerprint density at radius 2 is 1.60 bits per heavy atom. The molecule has 0 aliphatic carbocycles. The van der Waals surface area contributed by atoms with Gasteiger partial charge in [-0.2, -0.15) is 0 Å². The first-order chi connectivity index (χ1) is 12.1. The molecule has 0 atom stereocenters. The third kappa shape index (κ3) is 3.85. The van der Waals surface area contributed by atoms with Crippen LogP contribution in [-0.4, -0.2) is 11.4 Å². The predicted molar refractivity (Wildman–Crippen MR) is 106 cm³/mol. The molecule has 2 aromatic carbocycles. The molecule has 25 heavy (non-hydrogen) atoms. The lowest BCUT2D eigenvalue weighted by Gasteiger charge is -2.33. The van der Waals surface area contributed by atoms with Crippen molar-refractivity contribution in [3.63, 3.8) is 0 Å². The summed E-state index contributed by atoms with van der Waals surface area (Å²) in [6.07, 6.45) is 1.87. The molecule has 2 aromatic rings. The van der Waals surface area contributed by atoms with Gasteiger partial charge in [0, 0.05) is 17.7 Å². The minimum absolute atomic E-state index is 0.256. The van der Waals surface area contributed by atoms with Crippen molar-refractivity contribution in [2.75, 3.05) is 6.54 Å². The van der Waals surface area contributed by atoms with Gasteiger partial charge in [0.05, 0.1) is 16.4 Å². The largest absolute Gasteiger partial charge is 0.340 e. The van der Waals surface area contributed by atoms with Crippen LogP contribution in [0.25, 0.3) is 11.3 Å². The second-order valence-corrected chi connectivity index (χ2v) is 5.70. The number of rotatable bonds is 3. The topological polar surface area (TPSA) is 3.24 Å². The zero-order valence-corrected chi connectivity index (χ0v) is 15.6. The van der Waals surface area contributed by atoms with E-state index in [-0.39, 0.29) is 5.82 Å². The van der Waals surface area contributed by atoms with Crippen LogP contribution in [0, 0.1) is 5.82 Å². The molecular weight excluding hydrogens is 333 g/mol. The molecule has 1 aliphatic heterocycles. The first-order valence-electron chi connectivity index (χ1n) is 8.52. The summed E-state index contributed by atoms with van der Waals surface area (Å²) in [4.78, 5) is 1.96. The van der Waals surface area contributed by atoms with Crippen LogP contribution in [0.3, 0.4) is 0 Å². The van der Waals surface area contributed by atoms with Crippen molar-refractivity contribution in [2.45, 2.75) is 20.8 Å². The summed E-state index contributed by atoms with van der Waals surface area (Å²) in [5.41, 5.74) is 3.93. The summed E-state index contributed by atoms with van der Waals surface area (Å²) < 4.78 is 14.5. The molecule has 0 saturated heterocycles. The molecule has 1 heterocycles. The van der Waals surface area contributed by atoms with E-state index in [2.05, 4.69) is 6.58 Å². The minimum Gasteiger partial charge on any atom is -0.340 e. The van der Waals surface area contributed by atoms with Crippen molar-refractivity contribution in [3.05, 3.63) is 94.9 Å². The van der Waals surface area contributed by atoms with Gasteiger partial charge >= 0.3 is 0 Å². The predicted octanol–water partition coefficient (Wildman–Crippen LogP) is 6.69. The van der Waals surface area contributed by atoms with Gasteiger partial charge in [-0.25, -0.2) is 4.39 Å². The van der Waals surface area contributed by atoms with Gasteiger partial charge in [0.25, 0.3) is 0 Å². The summed E-state index contributed by atoms with van der Waals surface area (Å²) in [7, 11) is 0. The molecule has 3 rings (SSSR count). The molecule has 0 amide bonds. The van der Waals surface area contributed by atoms with Crippen LogP contribution >= 0.6 is 11.6 Å². The highest BCUT2D eigenvalue weighted by atomic mass is 35.5. The number of allylic oxidation sites excluding steroid dienone is 3. The van der Waals surface area contributed by atoms with E-state index in [1.54, 1.807) is 12.1 Å². The lowest BCUT2D eigenvalue weighted by Crippen LogP contribution is -2.25. The molecule has 0 spiro atoms. The van der Waals surface area contributed by atoms with Gasteiger partial charge in [0.15, 0.2) is 0 Å². The van der Waals surface area contributed by atoms with Gasteiger partial charge < -0.3 is 4.90 Å². The molecule has 0 aromatic heterocycles. The second-order valence-electron chi connectivity index (χ2n) is 5.29. The smallest absolute Gasteiger partial charge is 0.132 e. The normalized spacial score (nSPS) is 14.0. The standard InChI is InChI=1S/C20H17ClFN.C2H6/c1-3-23-14(2)18(21)13-17(15-9-5-4-6-10-15)20(23)16-11-7-8-12-19(16)22;1-2/h4-13H,2-3H2,1H3;1-2H3. The van der Waals surface area contributed by atoms with Crippen molar-refractivity contribution in [3.8, 4) is 0 Å². The molecule has 0 N–H and O–H groups in total. The number of likely N-dealkylation sites (N-methyl/N-ethyl adjacent to an activating group) is 1. The van der Waals surface area contributed by atoms with Crippen LogP contribution in [0.15, 0.2) is 78.0 Å². The van der Waals surface area contributed by atoms with Crippen LogP contribution in [0.1, 0.15) is 31.9 Å². The summed E-state index contributed by atoms with van der Waals surface area (Å²) in [5.74, 6) is -0.256. The summed E-state index contributed by atoms with van der Waals surface area (Å²) in [5, 5.41) is 0.575. The van der Waals surface area contributed by atoms with E-state index >= 15 is 0 Å². The van der Waals surface area contributed by atoms with Gasteiger partial charge in [-0.3, -0.25) is 0 Å². The number of halogens is 2. The average molecular weight is 356 g/mol. The highest BCUT2D eigenvalue weighted by Crippen LogP contribution is 2.40. The van der Waals surface area contributed by atoms with Gasteiger partial charge in [-0.1, -0.05) is 74.5 Å². The number of nitrogens with zero attached hydrogens (tertiary/aromatic N) is 1. The van der Waals surface area contributed by atoms with Gasteiger partial charge in [-0.05, 0) is 30.7 Å². The van der Waals surface area contributed by atoms with E-state index in [4.69, 9.17) is 11.6 Å². The molecule has 3 heteroatoms.